The average Bonchev–Trinajstić information content (AvgIpc) is 3.10. The molecule has 0 aliphatic rings. The number of aromatic nitrogens is 2. The molecule has 3 aromatic rings. The molecule has 0 atom stereocenters. The number of amides is 1. The van der Waals surface area contributed by atoms with Crippen LogP contribution in [0.3, 0.4) is 0 Å². The zero-order chi connectivity index (χ0) is 17.3. The molecular formula is C16H10F3N3OS. The van der Waals surface area contributed by atoms with E-state index in [-0.39, 0.29) is 18.1 Å². The van der Waals surface area contributed by atoms with Crippen molar-refractivity contribution in [1.82, 2.24) is 14.7 Å². The predicted molar refractivity (Wildman–Crippen MR) is 84.7 cm³/mol. The predicted octanol–water partition coefficient (Wildman–Crippen LogP) is 3.44. The maximum absolute atomic E-state index is 12.6. The van der Waals surface area contributed by atoms with Gasteiger partial charge in [0.2, 0.25) is 0 Å². The van der Waals surface area contributed by atoms with Crippen molar-refractivity contribution in [3.63, 3.8) is 0 Å². The molecule has 1 aromatic carbocycles. The largest absolute Gasteiger partial charge is 0.416 e. The second-order valence-electron chi connectivity index (χ2n) is 4.87. The molecule has 0 aliphatic carbocycles. The minimum Gasteiger partial charge on any atom is -0.340 e. The van der Waals surface area contributed by atoms with Crippen LogP contribution in [0.25, 0.3) is 15.4 Å². The molecular weight excluding hydrogens is 339 g/mol. The Balaban J connectivity index is 1.85. The summed E-state index contributed by atoms with van der Waals surface area (Å²) in [5, 5.41) is 2.51. The van der Waals surface area contributed by atoms with E-state index in [2.05, 4.69) is 16.2 Å². The highest BCUT2D eigenvalue weighted by atomic mass is 32.1. The number of rotatable bonds is 3. The van der Waals surface area contributed by atoms with E-state index in [9.17, 15) is 18.0 Å². The summed E-state index contributed by atoms with van der Waals surface area (Å²) in [5.41, 5.74) is 0.187. The molecule has 0 saturated carbocycles. The van der Waals surface area contributed by atoms with E-state index in [1.807, 2.05) is 0 Å². The van der Waals surface area contributed by atoms with Gasteiger partial charge < -0.3 is 5.32 Å². The van der Waals surface area contributed by atoms with Crippen LogP contribution in [0, 0.1) is 12.3 Å². The number of terminal acetylenes is 1. The highest BCUT2D eigenvalue weighted by Crippen LogP contribution is 2.33. The van der Waals surface area contributed by atoms with Crippen molar-refractivity contribution in [3.8, 4) is 22.8 Å². The van der Waals surface area contributed by atoms with Crippen LogP contribution in [0.2, 0.25) is 0 Å². The van der Waals surface area contributed by atoms with Crippen LogP contribution in [-0.4, -0.2) is 21.8 Å². The molecule has 4 nitrogen and oxygen atoms in total. The summed E-state index contributed by atoms with van der Waals surface area (Å²) in [6.45, 7) is 0.112. The molecule has 0 saturated heterocycles. The second-order valence-corrected chi connectivity index (χ2v) is 5.88. The minimum absolute atomic E-state index is 0.112. The molecule has 122 valence electrons. The monoisotopic (exact) mass is 349 g/mol. The second kappa shape index (κ2) is 6.02. The lowest BCUT2D eigenvalue weighted by atomic mass is 10.1. The molecule has 1 amide bonds. The number of carbonyl (C=O) groups excluding carboxylic acids is 1. The van der Waals surface area contributed by atoms with Gasteiger partial charge in [-0.1, -0.05) is 29.4 Å². The van der Waals surface area contributed by atoms with Crippen molar-refractivity contribution in [1.29, 1.82) is 0 Å². The Bertz CT molecular complexity index is 901. The molecule has 0 unspecified atom stereocenters. The van der Waals surface area contributed by atoms with Gasteiger partial charge in [0.05, 0.1) is 17.0 Å². The Labute approximate surface area is 138 Å². The third kappa shape index (κ3) is 3.12. The van der Waals surface area contributed by atoms with Gasteiger partial charge >= 0.3 is 6.18 Å². The number of hydrogen-bond acceptors (Lipinski definition) is 3. The highest BCUT2D eigenvalue weighted by molar-refractivity contribution is 7.20. The van der Waals surface area contributed by atoms with Crippen LogP contribution in [-0.2, 0) is 6.18 Å². The van der Waals surface area contributed by atoms with Gasteiger partial charge in [-0.3, -0.25) is 9.20 Å². The smallest absolute Gasteiger partial charge is 0.340 e. The highest BCUT2D eigenvalue weighted by Gasteiger charge is 2.30. The first-order valence-corrected chi connectivity index (χ1v) is 7.58. The molecule has 2 heterocycles. The number of hydrogen-bond donors (Lipinski definition) is 1. The van der Waals surface area contributed by atoms with E-state index >= 15 is 0 Å². The number of nitrogens with one attached hydrogen (secondary N) is 1. The number of benzene rings is 1. The number of imidazole rings is 1. The van der Waals surface area contributed by atoms with Crippen molar-refractivity contribution in [2.45, 2.75) is 6.18 Å². The molecule has 0 spiro atoms. The Morgan fingerprint density at radius 2 is 2.00 bits per heavy atom. The fourth-order valence-corrected chi connectivity index (χ4v) is 3.06. The molecule has 0 fully saturated rings. The van der Waals surface area contributed by atoms with Crippen molar-refractivity contribution < 1.29 is 18.0 Å². The van der Waals surface area contributed by atoms with Crippen LogP contribution in [0.4, 0.5) is 13.2 Å². The topological polar surface area (TPSA) is 46.4 Å². The zero-order valence-corrected chi connectivity index (χ0v) is 12.9. The normalized spacial score (nSPS) is 11.4. The van der Waals surface area contributed by atoms with Crippen molar-refractivity contribution >= 4 is 22.2 Å². The SMILES string of the molecule is C#CCNC(=O)c1cn2cc(-c3ccc(C(F)(F)F)cc3)sc2n1. The molecule has 0 aliphatic heterocycles. The summed E-state index contributed by atoms with van der Waals surface area (Å²) in [6.07, 6.45) is 3.98. The third-order valence-electron chi connectivity index (χ3n) is 3.24. The number of halogens is 3. The van der Waals surface area contributed by atoms with Gasteiger partial charge in [-0.05, 0) is 17.7 Å². The van der Waals surface area contributed by atoms with E-state index in [4.69, 9.17) is 6.42 Å². The standard InChI is InChI=1S/C16H10F3N3OS/c1-2-7-20-14(23)12-8-22-9-13(24-15(22)21-12)10-3-5-11(6-4-10)16(17,18)19/h1,3-6,8-9H,7H2,(H,20,23). The minimum atomic E-state index is -4.36. The van der Waals surface area contributed by atoms with E-state index < -0.39 is 11.7 Å². The summed E-state index contributed by atoms with van der Waals surface area (Å²) in [7, 11) is 0. The number of carbonyl (C=O) groups is 1. The van der Waals surface area contributed by atoms with Crippen LogP contribution in [0.15, 0.2) is 36.7 Å². The van der Waals surface area contributed by atoms with E-state index in [0.717, 1.165) is 17.0 Å². The number of thiazole rings is 1. The van der Waals surface area contributed by atoms with Gasteiger partial charge in [0.1, 0.15) is 5.69 Å². The van der Waals surface area contributed by atoms with E-state index in [1.165, 1.54) is 23.5 Å². The fourth-order valence-electron chi connectivity index (χ4n) is 2.08. The van der Waals surface area contributed by atoms with Gasteiger partial charge in [-0.2, -0.15) is 13.2 Å². The molecule has 24 heavy (non-hydrogen) atoms. The van der Waals surface area contributed by atoms with Gasteiger partial charge in [0.15, 0.2) is 4.96 Å². The van der Waals surface area contributed by atoms with Crippen LogP contribution in [0.1, 0.15) is 16.1 Å². The maximum Gasteiger partial charge on any atom is 0.416 e. The Hall–Kier alpha value is -2.79. The van der Waals surface area contributed by atoms with Crippen LogP contribution < -0.4 is 5.32 Å². The molecule has 8 heteroatoms. The summed E-state index contributed by atoms with van der Waals surface area (Å²) in [6, 6.07) is 4.90. The first kappa shape index (κ1) is 16.1. The van der Waals surface area contributed by atoms with Crippen molar-refractivity contribution in [3.05, 3.63) is 47.9 Å². The summed E-state index contributed by atoms with van der Waals surface area (Å²) in [4.78, 5) is 17.3. The molecule has 2 aromatic heterocycles. The van der Waals surface area contributed by atoms with Crippen molar-refractivity contribution in [2.24, 2.45) is 0 Å². The quantitative estimate of drug-likeness (QED) is 0.736. The van der Waals surface area contributed by atoms with Gasteiger partial charge in [-0.15, -0.1) is 6.42 Å². The van der Waals surface area contributed by atoms with Crippen LogP contribution in [0.5, 0.6) is 0 Å². The van der Waals surface area contributed by atoms with Gasteiger partial charge in [0.25, 0.3) is 5.91 Å². The first-order valence-electron chi connectivity index (χ1n) is 6.76. The number of nitrogens with zero attached hydrogens (tertiary/aromatic N) is 2. The molecule has 0 bridgehead atoms. The summed E-state index contributed by atoms with van der Waals surface area (Å²) >= 11 is 1.28. The lowest BCUT2D eigenvalue weighted by Gasteiger charge is -2.06. The third-order valence-corrected chi connectivity index (χ3v) is 4.28. The lowest BCUT2D eigenvalue weighted by Crippen LogP contribution is -2.23. The summed E-state index contributed by atoms with van der Waals surface area (Å²) < 4.78 is 39.4. The van der Waals surface area contributed by atoms with E-state index in [1.54, 1.807) is 16.8 Å². The van der Waals surface area contributed by atoms with E-state index in [0.29, 0.717) is 10.5 Å². The maximum atomic E-state index is 12.6. The molecule has 1 N–H and O–H groups in total. The van der Waals surface area contributed by atoms with Gasteiger partial charge in [0, 0.05) is 12.4 Å². The molecule has 3 rings (SSSR count). The Morgan fingerprint density at radius 1 is 1.29 bits per heavy atom. The fraction of sp³-hybridized carbons (Fsp3) is 0.125. The number of alkyl halides is 3. The first-order chi connectivity index (χ1) is 11.4. The number of fused-ring (bicyclic) bond motifs is 1. The average molecular weight is 349 g/mol. The van der Waals surface area contributed by atoms with Crippen LogP contribution >= 0.6 is 11.3 Å². The summed E-state index contributed by atoms with van der Waals surface area (Å²) in [5.74, 6) is 1.92. The van der Waals surface area contributed by atoms with Crippen molar-refractivity contribution in [2.75, 3.05) is 6.54 Å². The Morgan fingerprint density at radius 3 is 2.58 bits per heavy atom. The molecule has 0 radical (unpaired) electrons. The Kier molecular flexibility index (Phi) is 4.03. The lowest BCUT2D eigenvalue weighted by molar-refractivity contribution is -0.137. The van der Waals surface area contributed by atoms with Gasteiger partial charge in [-0.25, -0.2) is 4.98 Å². The zero-order valence-electron chi connectivity index (χ0n) is 12.1.